The molecule has 1 rings (SSSR count). The SMILES string of the molecule is CCc1cc(OC)c(CC(N)CC)nc1OC. The monoisotopic (exact) mass is 238 g/mol. The van der Waals surface area contributed by atoms with E-state index in [1.54, 1.807) is 14.2 Å². The maximum absolute atomic E-state index is 5.95. The standard InChI is InChI=1S/C13H22N2O2/c1-5-9-7-12(16-3)11(8-10(14)6-2)15-13(9)17-4/h7,10H,5-6,8,14H2,1-4H3. The van der Waals surface area contributed by atoms with Gasteiger partial charge in [0.25, 0.3) is 0 Å². The van der Waals surface area contributed by atoms with Gasteiger partial charge < -0.3 is 15.2 Å². The quantitative estimate of drug-likeness (QED) is 0.823. The van der Waals surface area contributed by atoms with E-state index < -0.39 is 0 Å². The highest BCUT2D eigenvalue weighted by Crippen LogP contribution is 2.26. The predicted octanol–water partition coefficient (Wildman–Crippen LogP) is 1.94. The van der Waals surface area contributed by atoms with Crippen molar-refractivity contribution in [2.45, 2.75) is 39.2 Å². The Bertz CT molecular complexity index is 367. The van der Waals surface area contributed by atoms with Gasteiger partial charge in [-0.3, -0.25) is 0 Å². The van der Waals surface area contributed by atoms with Crippen molar-refractivity contribution in [3.8, 4) is 11.6 Å². The van der Waals surface area contributed by atoms with Crippen LogP contribution in [-0.2, 0) is 12.8 Å². The van der Waals surface area contributed by atoms with Gasteiger partial charge in [-0.05, 0) is 18.9 Å². The molecule has 1 aromatic heterocycles. The van der Waals surface area contributed by atoms with Crippen molar-refractivity contribution in [3.05, 3.63) is 17.3 Å². The van der Waals surface area contributed by atoms with Crippen LogP contribution in [0.25, 0.3) is 0 Å². The topological polar surface area (TPSA) is 57.4 Å². The molecule has 4 nitrogen and oxygen atoms in total. The highest BCUT2D eigenvalue weighted by Gasteiger charge is 2.14. The lowest BCUT2D eigenvalue weighted by Crippen LogP contribution is -2.22. The van der Waals surface area contributed by atoms with Gasteiger partial charge >= 0.3 is 0 Å². The van der Waals surface area contributed by atoms with E-state index >= 15 is 0 Å². The van der Waals surface area contributed by atoms with Gasteiger partial charge in [-0.1, -0.05) is 13.8 Å². The average Bonchev–Trinajstić information content (AvgIpc) is 2.37. The molecule has 0 radical (unpaired) electrons. The number of aryl methyl sites for hydroxylation is 1. The van der Waals surface area contributed by atoms with Crippen molar-refractivity contribution in [1.82, 2.24) is 4.98 Å². The van der Waals surface area contributed by atoms with Gasteiger partial charge in [0.2, 0.25) is 5.88 Å². The van der Waals surface area contributed by atoms with Gasteiger partial charge in [0.1, 0.15) is 5.75 Å². The van der Waals surface area contributed by atoms with Gasteiger partial charge in [0, 0.05) is 18.0 Å². The maximum atomic E-state index is 5.95. The molecule has 0 bridgehead atoms. The van der Waals surface area contributed by atoms with Crippen molar-refractivity contribution in [2.75, 3.05) is 14.2 Å². The molecule has 0 saturated heterocycles. The summed E-state index contributed by atoms with van der Waals surface area (Å²) in [6.07, 6.45) is 2.50. The molecule has 0 fully saturated rings. The van der Waals surface area contributed by atoms with E-state index in [1.165, 1.54) is 0 Å². The van der Waals surface area contributed by atoms with Crippen LogP contribution in [0, 0.1) is 0 Å². The van der Waals surface area contributed by atoms with E-state index in [0.717, 1.165) is 29.8 Å². The lowest BCUT2D eigenvalue weighted by molar-refractivity contribution is 0.376. The molecule has 17 heavy (non-hydrogen) atoms. The number of aromatic nitrogens is 1. The lowest BCUT2D eigenvalue weighted by atomic mass is 10.1. The highest BCUT2D eigenvalue weighted by molar-refractivity contribution is 5.39. The number of nitrogens with two attached hydrogens (primary N) is 1. The van der Waals surface area contributed by atoms with Gasteiger partial charge in [0.05, 0.1) is 19.9 Å². The second kappa shape index (κ2) is 6.45. The molecule has 0 aliphatic rings. The number of hydrogen-bond donors (Lipinski definition) is 1. The summed E-state index contributed by atoms with van der Waals surface area (Å²) in [5.74, 6) is 1.47. The molecule has 2 N–H and O–H groups in total. The Labute approximate surface area is 103 Å². The third-order valence-electron chi connectivity index (χ3n) is 2.88. The fourth-order valence-corrected chi connectivity index (χ4v) is 1.70. The number of ether oxygens (including phenoxy) is 2. The van der Waals surface area contributed by atoms with Crippen LogP contribution in [0.1, 0.15) is 31.5 Å². The average molecular weight is 238 g/mol. The third kappa shape index (κ3) is 3.33. The highest BCUT2D eigenvalue weighted by atomic mass is 16.5. The molecule has 0 aliphatic carbocycles. The molecule has 1 unspecified atom stereocenters. The molecular weight excluding hydrogens is 216 g/mol. The first-order valence-corrected chi connectivity index (χ1v) is 6.02. The fourth-order valence-electron chi connectivity index (χ4n) is 1.70. The summed E-state index contributed by atoms with van der Waals surface area (Å²) in [4.78, 5) is 4.49. The van der Waals surface area contributed by atoms with Crippen LogP contribution >= 0.6 is 0 Å². The summed E-state index contributed by atoms with van der Waals surface area (Å²) >= 11 is 0. The minimum absolute atomic E-state index is 0.105. The largest absolute Gasteiger partial charge is 0.495 e. The van der Waals surface area contributed by atoms with E-state index in [9.17, 15) is 0 Å². The van der Waals surface area contributed by atoms with Gasteiger partial charge in [0.15, 0.2) is 0 Å². The Morgan fingerprint density at radius 3 is 2.47 bits per heavy atom. The fraction of sp³-hybridized carbons (Fsp3) is 0.615. The van der Waals surface area contributed by atoms with Gasteiger partial charge in [-0.25, -0.2) is 4.98 Å². The van der Waals surface area contributed by atoms with Crippen LogP contribution in [0.3, 0.4) is 0 Å². The summed E-state index contributed by atoms with van der Waals surface area (Å²) in [5.41, 5.74) is 7.88. The second-order valence-corrected chi connectivity index (χ2v) is 4.03. The second-order valence-electron chi connectivity index (χ2n) is 4.03. The van der Waals surface area contributed by atoms with Gasteiger partial charge in [-0.2, -0.15) is 0 Å². The summed E-state index contributed by atoms with van der Waals surface area (Å²) in [5, 5.41) is 0. The molecule has 0 aliphatic heterocycles. The van der Waals surface area contributed by atoms with E-state index in [1.807, 2.05) is 6.07 Å². The Morgan fingerprint density at radius 1 is 1.29 bits per heavy atom. The third-order valence-corrected chi connectivity index (χ3v) is 2.88. The minimum atomic E-state index is 0.105. The van der Waals surface area contributed by atoms with Crippen LogP contribution in [0.5, 0.6) is 11.6 Å². The van der Waals surface area contributed by atoms with E-state index in [4.69, 9.17) is 15.2 Å². The molecule has 0 saturated carbocycles. The van der Waals surface area contributed by atoms with Gasteiger partial charge in [-0.15, -0.1) is 0 Å². The number of pyridine rings is 1. The Morgan fingerprint density at radius 2 is 2.00 bits per heavy atom. The molecular formula is C13H22N2O2. The minimum Gasteiger partial charge on any atom is -0.495 e. The van der Waals surface area contributed by atoms with Crippen molar-refractivity contribution in [2.24, 2.45) is 5.73 Å². The first kappa shape index (κ1) is 13.8. The Balaban J connectivity index is 3.09. The molecule has 0 aromatic carbocycles. The van der Waals surface area contributed by atoms with E-state index in [0.29, 0.717) is 12.3 Å². The molecule has 1 aromatic rings. The number of nitrogens with zero attached hydrogens (tertiary/aromatic N) is 1. The zero-order valence-corrected chi connectivity index (χ0v) is 11.1. The summed E-state index contributed by atoms with van der Waals surface area (Å²) in [6.45, 7) is 4.13. The van der Waals surface area contributed by atoms with Crippen molar-refractivity contribution < 1.29 is 9.47 Å². The molecule has 0 amide bonds. The smallest absolute Gasteiger partial charge is 0.216 e. The van der Waals surface area contributed by atoms with Crippen molar-refractivity contribution >= 4 is 0 Å². The first-order valence-electron chi connectivity index (χ1n) is 6.02. The number of rotatable bonds is 6. The van der Waals surface area contributed by atoms with Crippen LogP contribution in [0.15, 0.2) is 6.07 Å². The van der Waals surface area contributed by atoms with Crippen molar-refractivity contribution in [1.29, 1.82) is 0 Å². The normalized spacial score (nSPS) is 12.3. The molecule has 1 atom stereocenters. The zero-order valence-electron chi connectivity index (χ0n) is 11.1. The van der Waals surface area contributed by atoms with Crippen molar-refractivity contribution in [3.63, 3.8) is 0 Å². The summed E-state index contributed by atoms with van der Waals surface area (Å²) in [7, 11) is 3.29. The van der Waals surface area contributed by atoms with Crippen LogP contribution < -0.4 is 15.2 Å². The summed E-state index contributed by atoms with van der Waals surface area (Å²) in [6, 6.07) is 2.09. The van der Waals surface area contributed by atoms with Crippen LogP contribution in [0.2, 0.25) is 0 Å². The van der Waals surface area contributed by atoms with Crippen LogP contribution in [-0.4, -0.2) is 25.2 Å². The Kier molecular flexibility index (Phi) is 5.22. The van der Waals surface area contributed by atoms with E-state index in [-0.39, 0.29) is 6.04 Å². The summed E-state index contributed by atoms with van der Waals surface area (Å²) < 4.78 is 10.6. The molecule has 96 valence electrons. The van der Waals surface area contributed by atoms with Crippen LogP contribution in [0.4, 0.5) is 0 Å². The zero-order chi connectivity index (χ0) is 12.8. The number of hydrogen-bond acceptors (Lipinski definition) is 4. The molecule has 1 heterocycles. The predicted molar refractivity (Wildman–Crippen MR) is 68.7 cm³/mol. The van der Waals surface area contributed by atoms with E-state index in [2.05, 4.69) is 18.8 Å². The Hall–Kier alpha value is -1.29. The first-order chi connectivity index (χ1) is 8.15. The molecule has 4 heteroatoms. The lowest BCUT2D eigenvalue weighted by Gasteiger charge is -2.15. The number of methoxy groups -OCH3 is 2. The molecule has 0 spiro atoms. The maximum Gasteiger partial charge on any atom is 0.216 e.